The van der Waals surface area contributed by atoms with E-state index in [1.165, 1.54) is 5.69 Å². The van der Waals surface area contributed by atoms with Crippen LogP contribution in [0.5, 0.6) is 5.75 Å². The van der Waals surface area contributed by atoms with Gasteiger partial charge in [0.2, 0.25) is 0 Å². The molecule has 0 aliphatic heterocycles. The zero-order valence-electron chi connectivity index (χ0n) is 12.1. The fourth-order valence-corrected chi connectivity index (χ4v) is 2.26. The van der Waals surface area contributed by atoms with E-state index in [1.54, 1.807) is 18.2 Å². The van der Waals surface area contributed by atoms with Crippen LogP contribution in [0, 0.1) is 0 Å². The number of hydrogen-bond donors (Lipinski definition) is 1. The number of aromatic nitrogens is 1. The van der Waals surface area contributed by atoms with Gasteiger partial charge in [0, 0.05) is 37.1 Å². The van der Waals surface area contributed by atoms with Crippen LogP contribution >= 0.6 is 0 Å². The van der Waals surface area contributed by atoms with Crippen LogP contribution in [0.3, 0.4) is 0 Å². The summed E-state index contributed by atoms with van der Waals surface area (Å²) in [6.45, 7) is 1.49. The Morgan fingerprint density at radius 2 is 1.95 bits per heavy atom. The van der Waals surface area contributed by atoms with E-state index in [9.17, 15) is 8.78 Å². The van der Waals surface area contributed by atoms with Crippen LogP contribution in [0.1, 0.15) is 24.6 Å². The third-order valence-corrected chi connectivity index (χ3v) is 3.20. The van der Waals surface area contributed by atoms with Gasteiger partial charge in [0.05, 0.1) is 0 Å². The molecule has 0 aliphatic carbocycles. The van der Waals surface area contributed by atoms with Gasteiger partial charge in [-0.3, -0.25) is 0 Å². The van der Waals surface area contributed by atoms with Crippen LogP contribution in [-0.2, 0) is 19.6 Å². The Morgan fingerprint density at radius 3 is 2.71 bits per heavy atom. The van der Waals surface area contributed by atoms with Crippen LogP contribution < -0.4 is 10.1 Å². The Hall–Kier alpha value is -1.88. The number of nitrogens with one attached hydrogen (secondary N) is 1. The largest absolute Gasteiger partial charge is 0.434 e. The maximum Gasteiger partial charge on any atom is 0.387 e. The first-order valence-electron chi connectivity index (χ1n) is 7.08. The van der Waals surface area contributed by atoms with Crippen molar-refractivity contribution in [2.24, 2.45) is 0 Å². The third kappa shape index (κ3) is 4.56. The van der Waals surface area contributed by atoms with E-state index in [1.807, 2.05) is 18.3 Å². The van der Waals surface area contributed by atoms with Gasteiger partial charge in [-0.15, -0.1) is 0 Å². The van der Waals surface area contributed by atoms with Crippen molar-refractivity contribution in [3.8, 4) is 5.75 Å². The monoisotopic (exact) mass is 294 g/mol. The number of hydrogen-bond acceptors (Lipinski definition) is 2. The highest BCUT2D eigenvalue weighted by Gasteiger charge is 2.09. The summed E-state index contributed by atoms with van der Waals surface area (Å²) in [5, 5.41) is 3.27. The predicted octanol–water partition coefficient (Wildman–Crippen LogP) is 3.79. The maximum atomic E-state index is 12.3. The molecule has 0 fully saturated rings. The molecule has 5 heteroatoms. The molecule has 3 nitrogen and oxygen atoms in total. The highest BCUT2D eigenvalue weighted by molar-refractivity contribution is 5.33. The van der Waals surface area contributed by atoms with E-state index in [-0.39, 0.29) is 5.75 Å². The van der Waals surface area contributed by atoms with Crippen LogP contribution in [0.2, 0.25) is 0 Å². The molecule has 2 rings (SSSR count). The van der Waals surface area contributed by atoms with Gasteiger partial charge in [-0.1, -0.05) is 25.1 Å². The van der Waals surface area contributed by atoms with E-state index in [2.05, 4.69) is 27.6 Å². The van der Waals surface area contributed by atoms with E-state index in [0.29, 0.717) is 13.1 Å². The van der Waals surface area contributed by atoms with Gasteiger partial charge in [0.15, 0.2) is 0 Å². The highest BCUT2D eigenvalue weighted by atomic mass is 19.3. The fraction of sp³-hybridized carbons (Fsp3) is 0.375. The normalized spacial score (nSPS) is 11.0. The molecule has 2 aromatic rings. The first-order valence-corrected chi connectivity index (χ1v) is 7.08. The van der Waals surface area contributed by atoms with Crippen molar-refractivity contribution >= 4 is 0 Å². The molecule has 0 radical (unpaired) electrons. The molecule has 0 atom stereocenters. The summed E-state index contributed by atoms with van der Waals surface area (Å²) in [7, 11) is 0. The first kappa shape index (κ1) is 15.5. The summed E-state index contributed by atoms with van der Waals surface area (Å²) in [5.41, 5.74) is 1.91. The zero-order valence-corrected chi connectivity index (χ0v) is 12.1. The Morgan fingerprint density at radius 1 is 1.14 bits per heavy atom. The number of para-hydroxylation sites is 1. The average Bonchev–Trinajstić information content (AvgIpc) is 2.88. The maximum absolute atomic E-state index is 12.3. The molecule has 1 N–H and O–H groups in total. The van der Waals surface area contributed by atoms with Crippen molar-refractivity contribution in [1.29, 1.82) is 0 Å². The molecule has 1 aromatic carbocycles. The van der Waals surface area contributed by atoms with E-state index in [4.69, 9.17) is 0 Å². The Balaban J connectivity index is 1.92. The van der Waals surface area contributed by atoms with E-state index >= 15 is 0 Å². The van der Waals surface area contributed by atoms with Crippen molar-refractivity contribution < 1.29 is 13.5 Å². The van der Waals surface area contributed by atoms with Crippen molar-refractivity contribution in [2.75, 3.05) is 0 Å². The molecule has 1 heterocycles. The minimum atomic E-state index is -2.80. The second-order valence-corrected chi connectivity index (χ2v) is 4.78. The molecule has 0 bridgehead atoms. The molecule has 21 heavy (non-hydrogen) atoms. The second kappa shape index (κ2) is 7.78. The molecule has 0 saturated carbocycles. The van der Waals surface area contributed by atoms with E-state index in [0.717, 1.165) is 18.5 Å². The van der Waals surface area contributed by atoms with Gasteiger partial charge in [0.25, 0.3) is 0 Å². The minimum absolute atomic E-state index is 0.226. The average molecular weight is 294 g/mol. The Labute approximate surface area is 123 Å². The van der Waals surface area contributed by atoms with Crippen LogP contribution in [0.15, 0.2) is 42.6 Å². The highest BCUT2D eigenvalue weighted by Crippen LogP contribution is 2.20. The molecule has 0 unspecified atom stereocenters. The predicted molar refractivity (Wildman–Crippen MR) is 78.3 cm³/mol. The molecule has 0 saturated heterocycles. The molecular formula is C16H20F2N2O. The lowest BCUT2D eigenvalue weighted by Crippen LogP contribution is -2.16. The number of ether oxygens (including phenoxy) is 1. The van der Waals surface area contributed by atoms with Crippen LogP contribution in [0.4, 0.5) is 8.78 Å². The molecule has 114 valence electrons. The summed E-state index contributed by atoms with van der Waals surface area (Å²) in [4.78, 5) is 0. The summed E-state index contributed by atoms with van der Waals surface area (Å²) < 4.78 is 31.4. The lowest BCUT2D eigenvalue weighted by Gasteiger charge is -2.12. The second-order valence-electron chi connectivity index (χ2n) is 4.78. The quantitative estimate of drug-likeness (QED) is 0.801. The Bertz CT molecular complexity index is 555. The van der Waals surface area contributed by atoms with Gasteiger partial charge in [-0.25, -0.2) is 0 Å². The van der Waals surface area contributed by atoms with Crippen molar-refractivity contribution in [1.82, 2.24) is 9.88 Å². The van der Waals surface area contributed by atoms with Gasteiger partial charge in [-0.05, 0) is 24.6 Å². The smallest absolute Gasteiger partial charge is 0.387 e. The van der Waals surface area contributed by atoms with Crippen molar-refractivity contribution in [3.05, 3.63) is 53.9 Å². The van der Waals surface area contributed by atoms with Crippen molar-refractivity contribution in [3.63, 3.8) is 0 Å². The minimum Gasteiger partial charge on any atom is -0.434 e. The topological polar surface area (TPSA) is 26.2 Å². The zero-order chi connectivity index (χ0) is 15.1. The third-order valence-electron chi connectivity index (χ3n) is 3.20. The number of benzene rings is 1. The van der Waals surface area contributed by atoms with Gasteiger partial charge in [-0.2, -0.15) is 8.78 Å². The van der Waals surface area contributed by atoms with Crippen LogP contribution in [-0.4, -0.2) is 11.2 Å². The summed E-state index contributed by atoms with van der Waals surface area (Å²) in [5.74, 6) is 0.226. The van der Waals surface area contributed by atoms with Gasteiger partial charge < -0.3 is 14.6 Å². The SMILES string of the molecule is CCCn1cccc1CNCc1ccccc1OC(F)F. The first-order chi connectivity index (χ1) is 10.2. The van der Waals surface area contributed by atoms with Gasteiger partial charge >= 0.3 is 6.61 Å². The Kier molecular flexibility index (Phi) is 5.75. The summed E-state index contributed by atoms with van der Waals surface area (Å²) in [6.07, 6.45) is 3.13. The molecule has 0 aliphatic rings. The number of nitrogens with zero attached hydrogens (tertiary/aromatic N) is 1. The standard InChI is InChI=1S/C16H20F2N2O/c1-2-9-20-10-5-7-14(20)12-19-11-13-6-3-4-8-15(13)21-16(17)18/h3-8,10,16,19H,2,9,11-12H2,1H3. The van der Waals surface area contributed by atoms with Gasteiger partial charge in [0.1, 0.15) is 5.75 Å². The number of alkyl halides is 2. The molecular weight excluding hydrogens is 274 g/mol. The molecule has 0 spiro atoms. The van der Waals surface area contributed by atoms with E-state index < -0.39 is 6.61 Å². The molecule has 0 amide bonds. The number of aryl methyl sites for hydroxylation is 1. The fourth-order valence-electron chi connectivity index (χ4n) is 2.26. The summed E-state index contributed by atoms with van der Waals surface area (Å²) >= 11 is 0. The lowest BCUT2D eigenvalue weighted by atomic mass is 10.2. The number of halogens is 2. The van der Waals surface area contributed by atoms with Crippen molar-refractivity contribution in [2.45, 2.75) is 39.6 Å². The summed E-state index contributed by atoms with van der Waals surface area (Å²) in [6, 6.07) is 10.9. The molecule has 1 aromatic heterocycles. The number of rotatable bonds is 8. The van der Waals surface area contributed by atoms with Crippen LogP contribution in [0.25, 0.3) is 0 Å². The lowest BCUT2D eigenvalue weighted by molar-refractivity contribution is -0.0505.